The van der Waals surface area contributed by atoms with Crippen LogP contribution in [0.3, 0.4) is 0 Å². The standard InChI is InChI=1S/C25H34O3S/c1-19(2)11-10-12-21-17-20(15-16-29(8,9)25(3,4)5)13-14-22(21)23(18-27-6)24(26)28-7/h13-14,17-19H,11H2,1-9H3/b23-18+. The average molecular weight is 415 g/mol. The molecule has 3 nitrogen and oxygen atoms in total. The third kappa shape index (κ3) is 7.22. The van der Waals surface area contributed by atoms with E-state index in [1.807, 2.05) is 18.2 Å². The molecule has 0 aliphatic rings. The van der Waals surface area contributed by atoms with Crippen molar-refractivity contribution >= 4 is 21.6 Å². The maximum atomic E-state index is 12.2. The fraction of sp³-hybridized carbons (Fsp3) is 0.480. The number of esters is 1. The summed E-state index contributed by atoms with van der Waals surface area (Å²) in [5.41, 5.74) is 2.65. The third-order valence-corrected chi connectivity index (χ3v) is 8.34. The monoisotopic (exact) mass is 414 g/mol. The first-order chi connectivity index (χ1) is 13.4. The first-order valence-electron chi connectivity index (χ1n) is 9.63. The van der Waals surface area contributed by atoms with Gasteiger partial charge in [0, 0.05) is 27.9 Å². The number of carbonyl (C=O) groups excluding carboxylic acids is 1. The molecule has 29 heavy (non-hydrogen) atoms. The van der Waals surface area contributed by atoms with Gasteiger partial charge in [0.1, 0.15) is 5.57 Å². The van der Waals surface area contributed by atoms with Gasteiger partial charge < -0.3 is 9.47 Å². The van der Waals surface area contributed by atoms with E-state index in [-0.39, 0.29) is 4.75 Å². The van der Waals surface area contributed by atoms with Crippen molar-refractivity contribution in [3.05, 3.63) is 41.2 Å². The molecule has 0 radical (unpaired) electrons. The van der Waals surface area contributed by atoms with E-state index in [0.29, 0.717) is 17.1 Å². The van der Waals surface area contributed by atoms with Crippen molar-refractivity contribution in [1.82, 2.24) is 0 Å². The largest absolute Gasteiger partial charge is 0.503 e. The maximum absolute atomic E-state index is 12.2. The lowest BCUT2D eigenvalue weighted by molar-refractivity contribution is -0.133. The van der Waals surface area contributed by atoms with Crippen molar-refractivity contribution in [3.8, 4) is 23.0 Å². The van der Waals surface area contributed by atoms with Crippen LogP contribution in [-0.2, 0) is 14.3 Å². The van der Waals surface area contributed by atoms with Crippen LogP contribution in [0, 0.1) is 28.9 Å². The summed E-state index contributed by atoms with van der Waals surface area (Å²) in [5, 5.41) is 3.48. The second-order valence-corrected chi connectivity index (χ2v) is 12.7. The second-order valence-electron chi connectivity index (χ2n) is 8.59. The van der Waals surface area contributed by atoms with Crippen molar-refractivity contribution in [2.24, 2.45) is 5.92 Å². The zero-order valence-electron chi connectivity index (χ0n) is 19.2. The highest BCUT2D eigenvalue weighted by Gasteiger charge is 2.25. The summed E-state index contributed by atoms with van der Waals surface area (Å²) >= 11 is 0. The molecule has 0 saturated carbocycles. The van der Waals surface area contributed by atoms with Crippen molar-refractivity contribution in [3.63, 3.8) is 0 Å². The summed E-state index contributed by atoms with van der Waals surface area (Å²) in [6, 6.07) is 5.73. The van der Waals surface area contributed by atoms with Crippen LogP contribution in [0.1, 0.15) is 57.7 Å². The average Bonchev–Trinajstić information content (AvgIpc) is 2.63. The molecular formula is C25H34O3S. The van der Waals surface area contributed by atoms with E-state index in [4.69, 9.17) is 9.47 Å². The van der Waals surface area contributed by atoms with E-state index in [2.05, 4.69) is 70.1 Å². The van der Waals surface area contributed by atoms with Crippen LogP contribution >= 0.6 is 10.0 Å². The molecule has 1 aromatic carbocycles. The van der Waals surface area contributed by atoms with Crippen LogP contribution in [0.4, 0.5) is 0 Å². The van der Waals surface area contributed by atoms with Gasteiger partial charge in [0.25, 0.3) is 0 Å². The minimum Gasteiger partial charge on any atom is -0.503 e. The molecule has 0 aliphatic carbocycles. The Balaban J connectivity index is 3.52. The molecule has 1 aromatic rings. The Bertz CT molecular complexity index is 879. The molecule has 1 rings (SSSR count). The smallest absolute Gasteiger partial charge is 0.341 e. The summed E-state index contributed by atoms with van der Waals surface area (Å²) in [4.78, 5) is 12.2. The van der Waals surface area contributed by atoms with Crippen LogP contribution in [0.15, 0.2) is 24.5 Å². The number of hydrogen-bond acceptors (Lipinski definition) is 3. The second kappa shape index (κ2) is 10.5. The van der Waals surface area contributed by atoms with Gasteiger partial charge in [-0.2, -0.15) is 10.0 Å². The van der Waals surface area contributed by atoms with Gasteiger partial charge >= 0.3 is 5.97 Å². The zero-order chi connectivity index (χ0) is 22.2. The van der Waals surface area contributed by atoms with Gasteiger partial charge in [0.15, 0.2) is 0 Å². The SMILES string of the molecule is CO/C=C(/C(=O)OC)c1ccc(C#CS(C)(C)C(C)(C)C)cc1C#CCC(C)C. The summed E-state index contributed by atoms with van der Waals surface area (Å²) in [7, 11) is 1.77. The molecule has 4 heteroatoms. The Morgan fingerprint density at radius 2 is 1.83 bits per heavy atom. The normalized spacial score (nSPS) is 12.4. The van der Waals surface area contributed by atoms with E-state index >= 15 is 0 Å². The molecule has 0 fully saturated rings. The summed E-state index contributed by atoms with van der Waals surface area (Å²) in [6.07, 6.45) is 6.63. The molecule has 0 amide bonds. The van der Waals surface area contributed by atoms with Crippen LogP contribution in [0.2, 0.25) is 0 Å². The number of benzene rings is 1. The van der Waals surface area contributed by atoms with Crippen molar-refractivity contribution < 1.29 is 14.3 Å². The van der Waals surface area contributed by atoms with Crippen LogP contribution in [0.5, 0.6) is 0 Å². The molecule has 0 aliphatic heterocycles. The van der Waals surface area contributed by atoms with E-state index in [1.165, 1.54) is 20.5 Å². The minimum absolute atomic E-state index is 0.138. The highest BCUT2D eigenvalue weighted by atomic mass is 32.3. The molecule has 0 unspecified atom stereocenters. The van der Waals surface area contributed by atoms with E-state index < -0.39 is 16.0 Å². The maximum Gasteiger partial charge on any atom is 0.341 e. The molecule has 0 N–H and O–H groups in total. The Morgan fingerprint density at radius 3 is 2.34 bits per heavy atom. The van der Waals surface area contributed by atoms with Gasteiger partial charge in [-0.1, -0.05) is 58.4 Å². The van der Waals surface area contributed by atoms with E-state index in [0.717, 1.165) is 17.5 Å². The van der Waals surface area contributed by atoms with Gasteiger partial charge in [-0.25, -0.2) is 4.79 Å². The molecule has 0 bridgehead atoms. The topological polar surface area (TPSA) is 35.5 Å². The molecule has 0 spiro atoms. The molecule has 158 valence electrons. The van der Waals surface area contributed by atoms with E-state index in [1.54, 1.807) is 0 Å². The van der Waals surface area contributed by atoms with Gasteiger partial charge in [0.2, 0.25) is 0 Å². The molecule has 0 heterocycles. The first-order valence-corrected chi connectivity index (χ1v) is 12.1. The number of rotatable bonds is 4. The molecule has 0 atom stereocenters. The van der Waals surface area contributed by atoms with Crippen molar-refractivity contribution in [2.45, 2.75) is 45.8 Å². The highest BCUT2D eigenvalue weighted by molar-refractivity contribution is 8.37. The van der Waals surface area contributed by atoms with Crippen molar-refractivity contribution in [1.29, 1.82) is 0 Å². The summed E-state index contributed by atoms with van der Waals surface area (Å²) in [5.74, 6) is 9.76. The number of carbonyl (C=O) groups is 1. The fourth-order valence-corrected chi connectivity index (χ4v) is 2.78. The van der Waals surface area contributed by atoms with Gasteiger partial charge in [-0.3, -0.25) is 0 Å². The Hall–Kier alpha value is -2.30. The molecule has 0 aromatic heterocycles. The lowest BCUT2D eigenvalue weighted by Gasteiger charge is -2.39. The lowest BCUT2D eigenvalue weighted by atomic mass is 9.98. The van der Waals surface area contributed by atoms with Crippen LogP contribution in [0.25, 0.3) is 5.57 Å². The summed E-state index contributed by atoms with van der Waals surface area (Å²) < 4.78 is 10.2. The van der Waals surface area contributed by atoms with Gasteiger partial charge in [0.05, 0.1) is 20.5 Å². The molecule has 0 saturated heterocycles. The highest BCUT2D eigenvalue weighted by Crippen LogP contribution is 2.51. The predicted octanol–water partition coefficient (Wildman–Crippen LogP) is 5.42. The van der Waals surface area contributed by atoms with Crippen molar-refractivity contribution in [2.75, 3.05) is 26.7 Å². The Kier molecular flexibility index (Phi) is 8.93. The fourth-order valence-electron chi connectivity index (χ4n) is 2.10. The van der Waals surface area contributed by atoms with Gasteiger partial charge in [-0.05, 0) is 35.8 Å². The van der Waals surface area contributed by atoms with Crippen LogP contribution < -0.4 is 0 Å². The molecular weight excluding hydrogens is 380 g/mol. The first kappa shape index (κ1) is 24.7. The lowest BCUT2D eigenvalue weighted by Crippen LogP contribution is -2.21. The predicted molar refractivity (Wildman–Crippen MR) is 126 cm³/mol. The minimum atomic E-state index is -1.09. The zero-order valence-corrected chi connectivity index (χ0v) is 20.0. The quantitative estimate of drug-likeness (QED) is 0.286. The van der Waals surface area contributed by atoms with Gasteiger partial charge in [-0.15, -0.1) is 0 Å². The Labute approximate surface area is 178 Å². The number of methoxy groups -OCH3 is 2. The van der Waals surface area contributed by atoms with E-state index in [9.17, 15) is 4.79 Å². The third-order valence-electron chi connectivity index (χ3n) is 4.67. The van der Waals surface area contributed by atoms with Crippen LogP contribution in [-0.4, -0.2) is 37.4 Å². The Morgan fingerprint density at radius 1 is 1.17 bits per heavy atom. The summed E-state index contributed by atoms with van der Waals surface area (Å²) in [6.45, 7) is 10.9. The number of ether oxygens (including phenoxy) is 2. The number of hydrogen-bond donors (Lipinski definition) is 0.